The van der Waals surface area contributed by atoms with Gasteiger partial charge in [-0.3, -0.25) is 0 Å². The van der Waals surface area contributed by atoms with Gasteiger partial charge in [-0.1, -0.05) is 18.0 Å². The van der Waals surface area contributed by atoms with E-state index in [1.165, 1.54) is 18.2 Å². The summed E-state index contributed by atoms with van der Waals surface area (Å²) in [6.07, 6.45) is 3.76. The molecule has 110 valence electrons. The lowest BCUT2D eigenvalue weighted by atomic mass is 10.1. The summed E-state index contributed by atoms with van der Waals surface area (Å²) in [6, 6.07) is 4.08. The number of oxime groups is 1. The zero-order valence-electron chi connectivity index (χ0n) is 11.6. The molecule has 0 heterocycles. The Labute approximate surface area is 117 Å². The number of halogens is 1. The van der Waals surface area contributed by atoms with E-state index in [1.807, 2.05) is 0 Å². The Bertz CT molecular complexity index is 490. The van der Waals surface area contributed by atoms with Gasteiger partial charge >= 0.3 is 0 Å². The largest absolute Gasteiger partial charge is 0.487 e. The van der Waals surface area contributed by atoms with Crippen molar-refractivity contribution in [3.63, 3.8) is 0 Å². The first kappa shape index (κ1) is 14.8. The van der Waals surface area contributed by atoms with Crippen LogP contribution in [0.4, 0.5) is 4.39 Å². The third-order valence-corrected chi connectivity index (χ3v) is 3.68. The van der Waals surface area contributed by atoms with E-state index in [1.54, 1.807) is 6.92 Å². The van der Waals surface area contributed by atoms with Gasteiger partial charge in [-0.25, -0.2) is 4.39 Å². The molecular formula is C15H20FNO3. The molecule has 0 spiro atoms. The van der Waals surface area contributed by atoms with E-state index in [4.69, 9.17) is 9.94 Å². The first-order valence-electron chi connectivity index (χ1n) is 6.95. The minimum absolute atomic E-state index is 0.280. The predicted molar refractivity (Wildman–Crippen MR) is 73.9 cm³/mol. The highest BCUT2D eigenvalue weighted by molar-refractivity contribution is 6.00. The van der Waals surface area contributed by atoms with Gasteiger partial charge in [0.1, 0.15) is 17.7 Å². The summed E-state index contributed by atoms with van der Waals surface area (Å²) < 4.78 is 19.2. The van der Waals surface area contributed by atoms with Gasteiger partial charge in [0.25, 0.3) is 0 Å². The van der Waals surface area contributed by atoms with Gasteiger partial charge in [0.05, 0.1) is 11.8 Å². The second-order valence-corrected chi connectivity index (χ2v) is 5.19. The Balaban J connectivity index is 2.23. The Hall–Kier alpha value is -1.62. The number of hydrogen-bond acceptors (Lipinski definition) is 4. The van der Waals surface area contributed by atoms with Crippen molar-refractivity contribution in [1.82, 2.24) is 0 Å². The highest BCUT2D eigenvalue weighted by Crippen LogP contribution is 2.27. The fraction of sp³-hybridized carbons (Fsp3) is 0.533. The summed E-state index contributed by atoms with van der Waals surface area (Å²) in [5, 5.41) is 22.0. The van der Waals surface area contributed by atoms with Crippen molar-refractivity contribution < 1.29 is 19.4 Å². The summed E-state index contributed by atoms with van der Waals surface area (Å²) in [7, 11) is 0. The summed E-state index contributed by atoms with van der Waals surface area (Å²) in [5.74, 6) is 0.0180. The third-order valence-electron chi connectivity index (χ3n) is 3.68. The Morgan fingerprint density at radius 3 is 2.80 bits per heavy atom. The van der Waals surface area contributed by atoms with Crippen LogP contribution in [0.1, 0.15) is 44.6 Å². The summed E-state index contributed by atoms with van der Waals surface area (Å²) in [6.45, 7) is 1.57. The molecule has 0 radical (unpaired) electrons. The van der Waals surface area contributed by atoms with Gasteiger partial charge in [0, 0.05) is 5.56 Å². The zero-order chi connectivity index (χ0) is 14.5. The normalized spacial score (nSPS) is 24.2. The van der Waals surface area contributed by atoms with Crippen LogP contribution < -0.4 is 4.74 Å². The lowest BCUT2D eigenvalue weighted by Crippen LogP contribution is -2.31. The van der Waals surface area contributed by atoms with Crippen molar-refractivity contribution in [3.8, 4) is 5.75 Å². The molecule has 1 aliphatic carbocycles. The van der Waals surface area contributed by atoms with Crippen LogP contribution in [0.15, 0.2) is 23.4 Å². The average molecular weight is 281 g/mol. The minimum atomic E-state index is -0.512. The molecule has 0 saturated heterocycles. The first-order valence-corrected chi connectivity index (χ1v) is 6.95. The molecular weight excluding hydrogens is 261 g/mol. The van der Waals surface area contributed by atoms with Gasteiger partial charge in [-0.15, -0.1) is 0 Å². The molecule has 1 aromatic carbocycles. The van der Waals surface area contributed by atoms with Crippen LogP contribution in [0.5, 0.6) is 5.75 Å². The van der Waals surface area contributed by atoms with Crippen molar-refractivity contribution in [2.75, 3.05) is 0 Å². The number of nitrogens with zero attached hydrogens (tertiary/aromatic N) is 1. The maximum Gasteiger partial charge on any atom is 0.129 e. The maximum atomic E-state index is 13.3. The molecule has 0 aliphatic heterocycles. The van der Waals surface area contributed by atoms with E-state index < -0.39 is 11.9 Å². The number of aliphatic hydroxyl groups is 1. The Morgan fingerprint density at radius 2 is 2.05 bits per heavy atom. The van der Waals surface area contributed by atoms with Crippen LogP contribution in [0.3, 0.4) is 0 Å². The molecule has 0 aromatic heterocycles. The van der Waals surface area contributed by atoms with Crippen molar-refractivity contribution in [2.45, 2.75) is 51.2 Å². The van der Waals surface area contributed by atoms with Crippen LogP contribution in [0.2, 0.25) is 0 Å². The van der Waals surface area contributed by atoms with Crippen molar-refractivity contribution >= 4 is 5.71 Å². The van der Waals surface area contributed by atoms with Crippen molar-refractivity contribution in [3.05, 3.63) is 29.6 Å². The van der Waals surface area contributed by atoms with E-state index in [-0.39, 0.29) is 11.8 Å². The van der Waals surface area contributed by atoms with Gasteiger partial charge in [0.2, 0.25) is 0 Å². The number of benzene rings is 1. The van der Waals surface area contributed by atoms with Gasteiger partial charge < -0.3 is 15.1 Å². The fourth-order valence-electron chi connectivity index (χ4n) is 2.50. The molecule has 1 fully saturated rings. The van der Waals surface area contributed by atoms with Crippen molar-refractivity contribution in [1.29, 1.82) is 0 Å². The number of hydrogen-bond donors (Lipinski definition) is 2. The number of aliphatic hydroxyl groups excluding tert-OH is 1. The smallest absolute Gasteiger partial charge is 0.129 e. The molecule has 2 rings (SSSR count). The lowest BCUT2D eigenvalue weighted by molar-refractivity contribution is 0.0318. The quantitative estimate of drug-likeness (QED) is 0.387. The average Bonchev–Trinajstić information content (AvgIpc) is 2.65. The van der Waals surface area contributed by atoms with Gasteiger partial charge in [-0.2, -0.15) is 0 Å². The highest BCUT2D eigenvalue weighted by atomic mass is 19.1. The minimum Gasteiger partial charge on any atom is -0.487 e. The lowest BCUT2D eigenvalue weighted by Gasteiger charge is -2.23. The second-order valence-electron chi connectivity index (χ2n) is 5.19. The van der Waals surface area contributed by atoms with E-state index in [9.17, 15) is 9.50 Å². The number of rotatable bonds is 3. The molecule has 2 atom stereocenters. The molecule has 2 unspecified atom stereocenters. The molecule has 4 nitrogen and oxygen atoms in total. The Kier molecular flexibility index (Phi) is 4.95. The van der Waals surface area contributed by atoms with E-state index >= 15 is 0 Å². The second kappa shape index (κ2) is 6.70. The molecule has 0 amide bonds. The monoisotopic (exact) mass is 281 g/mol. The van der Waals surface area contributed by atoms with Crippen molar-refractivity contribution in [2.24, 2.45) is 5.16 Å². The highest BCUT2D eigenvalue weighted by Gasteiger charge is 2.24. The Morgan fingerprint density at radius 1 is 1.30 bits per heavy atom. The summed E-state index contributed by atoms with van der Waals surface area (Å²) in [5.41, 5.74) is 0.687. The summed E-state index contributed by atoms with van der Waals surface area (Å²) in [4.78, 5) is 0. The van der Waals surface area contributed by atoms with Gasteiger partial charge in [-0.05, 0) is 44.4 Å². The SMILES string of the molecule is C/C(=N/O)c1cc(F)ccc1OC1CCCCCC1O. The van der Waals surface area contributed by atoms with Crippen LogP contribution >= 0.6 is 0 Å². The van der Waals surface area contributed by atoms with E-state index in [0.29, 0.717) is 17.7 Å². The summed E-state index contributed by atoms with van der Waals surface area (Å²) >= 11 is 0. The molecule has 2 N–H and O–H groups in total. The molecule has 5 heteroatoms. The van der Waals surface area contributed by atoms with E-state index in [0.717, 1.165) is 25.7 Å². The molecule has 20 heavy (non-hydrogen) atoms. The zero-order valence-corrected chi connectivity index (χ0v) is 11.6. The number of ether oxygens (including phenoxy) is 1. The molecule has 1 aromatic rings. The maximum absolute atomic E-state index is 13.3. The molecule has 1 saturated carbocycles. The van der Waals surface area contributed by atoms with Crippen LogP contribution in [-0.2, 0) is 0 Å². The van der Waals surface area contributed by atoms with Gasteiger partial charge in [0.15, 0.2) is 0 Å². The van der Waals surface area contributed by atoms with Crippen LogP contribution in [0.25, 0.3) is 0 Å². The molecule has 0 bridgehead atoms. The third kappa shape index (κ3) is 3.48. The molecule has 1 aliphatic rings. The van der Waals surface area contributed by atoms with Crippen LogP contribution in [-0.4, -0.2) is 28.2 Å². The predicted octanol–water partition coefficient (Wildman–Crippen LogP) is 3.10. The standard InChI is InChI=1S/C15H20FNO3/c1-10(17-19)12-9-11(16)7-8-14(12)20-15-6-4-2-3-5-13(15)18/h7-9,13,15,18-19H,2-6H2,1H3/b17-10-. The topological polar surface area (TPSA) is 62.1 Å². The van der Waals surface area contributed by atoms with Crippen LogP contribution in [0, 0.1) is 5.82 Å². The fourth-order valence-corrected chi connectivity index (χ4v) is 2.50. The first-order chi connectivity index (χ1) is 9.61. The van der Waals surface area contributed by atoms with E-state index in [2.05, 4.69) is 5.16 Å².